The number of nitrogens with one attached hydrogen (secondary N) is 1. The Morgan fingerprint density at radius 1 is 0.851 bits per heavy atom. The van der Waals surface area contributed by atoms with Crippen LogP contribution in [0.5, 0.6) is 11.5 Å². The maximum Gasteiger partial charge on any atom is 0.264 e. The molecule has 47 heavy (non-hydrogen) atoms. The Labute approximate surface area is 281 Å². The molecule has 0 spiro atoms. The molecule has 0 bridgehead atoms. The first-order valence-corrected chi connectivity index (χ1v) is 17.4. The van der Waals surface area contributed by atoms with Gasteiger partial charge >= 0.3 is 0 Å². The summed E-state index contributed by atoms with van der Waals surface area (Å²) >= 11 is 6.32. The lowest BCUT2D eigenvalue weighted by Gasteiger charge is -2.34. The van der Waals surface area contributed by atoms with Crippen LogP contribution in [0.1, 0.15) is 30.9 Å². The molecule has 0 aromatic heterocycles. The topological polar surface area (TPSA) is 105 Å². The number of ether oxygens (including phenoxy) is 2. The van der Waals surface area contributed by atoms with Crippen LogP contribution in [0.15, 0.2) is 108 Å². The van der Waals surface area contributed by atoms with Crippen LogP contribution in [0.2, 0.25) is 5.02 Å². The highest BCUT2D eigenvalue weighted by Gasteiger charge is 2.35. The zero-order valence-electron chi connectivity index (χ0n) is 26.2. The minimum absolute atomic E-state index is 0.0159. The second kappa shape index (κ2) is 15.8. The third kappa shape index (κ3) is 8.64. The first kappa shape index (κ1) is 33.8. The minimum Gasteiger partial charge on any atom is -0.486 e. The number of halogens is 1. The van der Waals surface area contributed by atoms with E-state index in [0.717, 1.165) is 22.7 Å². The van der Waals surface area contributed by atoms with E-state index in [2.05, 4.69) is 5.32 Å². The molecule has 4 aromatic rings. The summed E-state index contributed by atoms with van der Waals surface area (Å²) in [7, 11) is -4.24. The maximum atomic E-state index is 14.6. The summed E-state index contributed by atoms with van der Waals surface area (Å²) in [5.41, 5.74) is 1.77. The molecule has 246 valence electrons. The number of benzene rings is 4. The van der Waals surface area contributed by atoms with E-state index in [4.69, 9.17) is 21.1 Å². The fourth-order valence-corrected chi connectivity index (χ4v) is 6.97. The van der Waals surface area contributed by atoms with Crippen molar-refractivity contribution in [1.82, 2.24) is 10.2 Å². The summed E-state index contributed by atoms with van der Waals surface area (Å²) in [5.74, 6) is -0.0273. The van der Waals surface area contributed by atoms with Crippen LogP contribution in [0.3, 0.4) is 0 Å². The molecule has 11 heteroatoms. The molecule has 0 saturated heterocycles. The van der Waals surface area contributed by atoms with Gasteiger partial charge in [0.25, 0.3) is 10.0 Å². The zero-order valence-corrected chi connectivity index (χ0v) is 27.8. The normalized spacial score (nSPS) is 13.0. The molecule has 0 fully saturated rings. The van der Waals surface area contributed by atoms with Gasteiger partial charge in [-0.05, 0) is 53.9 Å². The highest BCUT2D eigenvalue weighted by molar-refractivity contribution is 7.92. The van der Waals surface area contributed by atoms with Gasteiger partial charge in [0.05, 0.1) is 10.6 Å². The predicted molar refractivity (Wildman–Crippen MR) is 182 cm³/mol. The summed E-state index contributed by atoms with van der Waals surface area (Å²) in [6.45, 7) is 2.61. The molecule has 0 radical (unpaired) electrons. The van der Waals surface area contributed by atoms with E-state index in [1.807, 2.05) is 43.3 Å². The van der Waals surface area contributed by atoms with Crippen LogP contribution >= 0.6 is 11.6 Å². The van der Waals surface area contributed by atoms with Gasteiger partial charge in [0.1, 0.15) is 25.8 Å². The quantitative estimate of drug-likeness (QED) is 0.168. The Kier molecular flexibility index (Phi) is 11.4. The van der Waals surface area contributed by atoms with E-state index in [-0.39, 0.29) is 29.5 Å². The number of carbonyl (C=O) groups excluding carboxylic acids is 2. The summed E-state index contributed by atoms with van der Waals surface area (Å²) in [6, 6.07) is 28.2. The highest BCUT2D eigenvalue weighted by Crippen LogP contribution is 2.36. The predicted octanol–water partition coefficient (Wildman–Crippen LogP) is 5.86. The molecule has 1 heterocycles. The Hall–Kier alpha value is -4.54. The Morgan fingerprint density at radius 3 is 2.23 bits per heavy atom. The number of amides is 2. The van der Waals surface area contributed by atoms with Crippen LogP contribution in [-0.4, -0.2) is 57.5 Å². The van der Waals surface area contributed by atoms with Crippen LogP contribution in [-0.2, 0) is 32.6 Å². The van der Waals surface area contributed by atoms with Crippen molar-refractivity contribution >= 4 is 39.1 Å². The second-order valence-corrected chi connectivity index (χ2v) is 13.5. The number of anilines is 1. The molecule has 0 saturated carbocycles. The van der Waals surface area contributed by atoms with Crippen molar-refractivity contribution in [1.29, 1.82) is 0 Å². The number of sulfonamides is 1. The number of rotatable bonds is 14. The van der Waals surface area contributed by atoms with Crippen molar-refractivity contribution in [2.45, 2.75) is 43.7 Å². The number of unbranched alkanes of at least 4 members (excludes halogenated alkanes) is 1. The van der Waals surface area contributed by atoms with E-state index >= 15 is 0 Å². The van der Waals surface area contributed by atoms with Gasteiger partial charge < -0.3 is 19.7 Å². The first-order chi connectivity index (χ1) is 22.8. The van der Waals surface area contributed by atoms with Gasteiger partial charge in [-0.1, -0.05) is 85.6 Å². The van der Waals surface area contributed by atoms with E-state index < -0.39 is 28.5 Å². The van der Waals surface area contributed by atoms with Crippen LogP contribution in [0.4, 0.5) is 5.69 Å². The largest absolute Gasteiger partial charge is 0.486 e. The van der Waals surface area contributed by atoms with Gasteiger partial charge in [-0.3, -0.25) is 13.9 Å². The fraction of sp³-hybridized carbons (Fsp3) is 0.278. The van der Waals surface area contributed by atoms with E-state index in [1.165, 1.54) is 17.0 Å². The molecule has 2 amide bonds. The van der Waals surface area contributed by atoms with Gasteiger partial charge in [-0.15, -0.1) is 0 Å². The Balaban J connectivity index is 1.57. The summed E-state index contributed by atoms with van der Waals surface area (Å²) in [6.07, 6.45) is 1.89. The zero-order chi connectivity index (χ0) is 33.2. The van der Waals surface area contributed by atoms with Gasteiger partial charge in [0.15, 0.2) is 11.5 Å². The number of carbonyl (C=O) groups is 2. The lowest BCUT2D eigenvalue weighted by Crippen LogP contribution is -2.53. The van der Waals surface area contributed by atoms with Crippen LogP contribution < -0.4 is 19.1 Å². The molecular weight excluding hydrogens is 638 g/mol. The smallest absolute Gasteiger partial charge is 0.264 e. The second-order valence-electron chi connectivity index (χ2n) is 11.2. The summed E-state index contributed by atoms with van der Waals surface area (Å²) in [4.78, 5) is 29.9. The highest BCUT2D eigenvalue weighted by atomic mass is 35.5. The Bertz CT molecular complexity index is 1770. The molecule has 9 nitrogen and oxygen atoms in total. The SMILES string of the molecule is CCCCNC(=O)[C@H](Cc1ccccc1)N(Cc1cccc(Cl)c1)C(=O)CN(c1ccc2c(c1)OCCO2)S(=O)(=O)c1ccccc1. The number of nitrogens with zero attached hydrogens (tertiary/aromatic N) is 2. The van der Waals surface area contributed by atoms with Gasteiger partial charge in [-0.2, -0.15) is 0 Å². The minimum atomic E-state index is -4.24. The lowest BCUT2D eigenvalue weighted by molar-refractivity contribution is -0.140. The van der Waals surface area contributed by atoms with Crippen molar-refractivity contribution in [2.24, 2.45) is 0 Å². The third-order valence-electron chi connectivity index (χ3n) is 7.77. The van der Waals surface area contributed by atoms with Crippen molar-refractivity contribution in [3.05, 3.63) is 119 Å². The molecule has 0 unspecified atom stereocenters. The van der Waals surface area contributed by atoms with E-state index in [9.17, 15) is 18.0 Å². The fourth-order valence-electron chi connectivity index (χ4n) is 5.33. The maximum absolute atomic E-state index is 14.6. The first-order valence-electron chi connectivity index (χ1n) is 15.6. The molecule has 1 aliphatic rings. The number of hydrogen-bond acceptors (Lipinski definition) is 6. The van der Waals surface area contributed by atoms with Gasteiger partial charge in [0.2, 0.25) is 11.8 Å². The average molecular weight is 676 g/mol. The number of fused-ring (bicyclic) bond motifs is 1. The van der Waals surface area contributed by atoms with Crippen molar-refractivity contribution in [3.63, 3.8) is 0 Å². The standard InChI is InChI=1S/C36H38ClN3O6S/c1-2-3-19-38-36(42)32(23-27-11-6-4-7-12-27)39(25-28-13-10-14-29(37)22-28)35(41)26-40(47(43,44)31-15-8-5-9-16-31)30-17-18-33-34(24-30)46-21-20-45-33/h4-18,22,24,32H,2-3,19-21,23,25-26H2,1H3,(H,38,42)/t32-/m0/s1. The third-order valence-corrected chi connectivity index (χ3v) is 9.79. The van der Waals surface area contributed by atoms with Gasteiger partial charge in [-0.25, -0.2) is 8.42 Å². The molecule has 0 aliphatic carbocycles. The van der Waals surface area contributed by atoms with Crippen molar-refractivity contribution < 1.29 is 27.5 Å². The molecule has 4 aromatic carbocycles. The van der Waals surface area contributed by atoms with Gasteiger partial charge in [0, 0.05) is 30.6 Å². The monoisotopic (exact) mass is 675 g/mol. The Morgan fingerprint density at radius 2 is 1.53 bits per heavy atom. The number of hydrogen-bond donors (Lipinski definition) is 1. The van der Waals surface area contributed by atoms with Crippen LogP contribution in [0, 0.1) is 0 Å². The molecule has 5 rings (SSSR count). The van der Waals surface area contributed by atoms with Crippen LogP contribution in [0.25, 0.3) is 0 Å². The molecular formula is C36H38ClN3O6S. The van der Waals surface area contributed by atoms with E-state index in [0.29, 0.717) is 41.8 Å². The summed E-state index contributed by atoms with van der Waals surface area (Å²) < 4.78 is 40.9. The molecule has 1 atom stereocenters. The lowest BCUT2D eigenvalue weighted by atomic mass is 10.0. The average Bonchev–Trinajstić information content (AvgIpc) is 3.09. The van der Waals surface area contributed by atoms with Crippen molar-refractivity contribution in [2.75, 3.05) is 30.6 Å². The molecule has 1 aliphatic heterocycles. The van der Waals surface area contributed by atoms with Crippen molar-refractivity contribution in [3.8, 4) is 11.5 Å². The molecule has 1 N–H and O–H groups in total. The summed E-state index contributed by atoms with van der Waals surface area (Å²) in [5, 5.41) is 3.47. The van der Waals surface area contributed by atoms with E-state index in [1.54, 1.807) is 54.6 Å².